The Morgan fingerprint density at radius 1 is 1.20 bits per heavy atom. The predicted molar refractivity (Wildman–Crippen MR) is 73.7 cm³/mol. The summed E-state index contributed by atoms with van der Waals surface area (Å²) < 4.78 is 14.5. The van der Waals surface area contributed by atoms with Gasteiger partial charge in [0.1, 0.15) is 5.75 Å². The highest BCUT2D eigenvalue weighted by molar-refractivity contribution is 5.81. The number of hydrogen-bond acceptors (Lipinski definition) is 6. The van der Waals surface area contributed by atoms with Crippen molar-refractivity contribution in [1.29, 1.82) is 0 Å². The van der Waals surface area contributed by atoms with Gasteiger partial charge in [-0.15, -0.1) is 0 Å². The van der Waals surface area contributed by atoms with E-state index in [9.17, 15) is 9.59 Å². The van der Waals surface area contributed by atoms with Crippen LogP contribution in [-0.4, -0.2) is 32.4 Å². The molecule has 1 rings (SSSR count). The van der Waals surface area contributed by atoms with Gasteiger partial charge >= 0.3 is 12.1 Å². The van der Waals surface area contributed by atoms with Crippen LogP contribution < -0.4 is 10.1 Å². The van der Waals surface area contributed by atoms with E-state index < -0.39 is 12.1 Å². The molecule has 0 aromatic heterocycles. The first-order chi connectivity index (χ1) is 9.65. The number of ether oxygens (including phenoxy) is 3. The summed E-state index contributed by atoms with van der Waals surface area (Å²) >= 11 is 0. The van der Waals surface area contributed by atoms with E-state index in [2.05, 4.69) is 11.9 Å². The lowest BCUT2D eigenvalue weighted by Crippen LogP contribution is -2.13. The Morgan fingerprint density at radius 2 is 1.85 bits per heavy atom. The third kappa shape index (κ3) is 5.90. The molecule has 0 aliphatic heterocycles. The van der Waals surface area contributed by atoms with Crippen LogP contribution in [-0.2, 0) is 14.3 Å². The minimum atomic E-state index is -0.794. The van der Waals surface area contributed by atoms with Crippen molar-refractivity contribution in [1.82, 2.24) is 0 Å². The number of carbonyl (C=O) groups is 2. The highest BCUT2D eigenvalue weighted by atomic mass is 16.7. The molecule has 1 aromatic carbocycles. The average molecular weight is 279 g/mol. The first-order valence-corrected chi connectivity index (χ1v) is 6.07. The summed E-state index contributed by atoms with van der Waals surface area (Å²) in [5.74, 6) is -0.107. The van der Waals surface area contributed by atoms with Gasteiger partial charge in [-0.3, -0.25) is 0 Å². The van der Waals surface area contributed by atoms with Crippen LogP contribution >= 0.6 is 0 Å². The van der Waals surface area contributed by atoms with Crippen molar-refractivity contribution in [2.24, 2.45) is 0 Å². The van der Waals surface area contributed by atoms with Gasteiger partial charge in [-0.25, -0.2) is 9.59 Å². The molecule has 0 saturated carbocycles. The summed E-state index contributed by atoms with van der Waals surface area (Å²) in [6.07, 6.45) is 0.675. The van der Waals surface area contributed by atoms with Crippen molar-refractivity contribution in [3.63, 3.8) is 0 Å². The number of benzene rings is 1. The van der Waals surface area contributed by atoms with Crippen molar-refractivity contribution in [3.05, 3.63) is 36.9 Å². The summed E-state index contributed by atoms with van der Waals surface area (Å²) in [6.45, 7) is 3.53. The normalized spacial score (nSPS) is 9.45. The fourth-order valence-corrected chi connectivity index (χ4v) is 1.26. The number of carbonyl (C=O) groups excluding carboxylic acids is 2. The van der Waals surface area contributed by atoms with E-state index in [0.29, 0.717) is 12.2 Å². The quantitative estimate of drug-likeness (QED) is 0.357. The zero-order chi connectivity index (χ0) is 14.8. The second-order valence-corrected chi connectivity index (χ2v) is 3.70. The Labute approximate surface area is 117 Å². The molecule has 0 unspecified atom stereocenters. The van der Waals surface area contributed by atoms with Gasteiger partial charge in [0, 0.05) is 25.2 Å². The molecule has 0 heterocycles. The van der Waals surface area contributed by atoms with Gasteiger partial charge < -0.3 is 19.5 Å². The molecule has 0 aliphatic rings. The van der Waals surface area contributed by atoms with Gasteiger partial charge in [-0.2, -0.15) is 0 Å². The summed E-state index contributed by atoms with van der Waals surface area (Å²) in [7, 11) is 1.79. The van der Waals surface area contributed by atoms with Crippen molar-refractivity contribution in [3.8, 4) is 5.75 Å². The van der Waals surface area contributed by atoms with Crippen LogP contribution in [0.1, 0.15) is 6.42 Å². The monoisotopic (exact) mass is 279 g/mol. The maximum absolute atomic E-state index is 11.3. The Bertz CT molecular complexity index is 455. The third-order valence-corrected chi connectivity index (χ3v) is 2.26. The van der Waals surface area contributed by atoms with Gasteiger partial charge in [0.05, 0.1) is 13.2 Å². The van der Waals surface area contributed by atoms with Gasteiger partial charge in [-0.1, -0.05) is 6.58 Å². The van der Waals surface area contributed by atoms with E-state index in [1.807, 2.05) is 0 Å². The lowest BCUT2D eigenvalue weighted by Gasteiger charge is -2.06. The zero-order valence-corrected chi connectivity index (χ0v) is 11.3. The number of hydrogen-bond donors (Lipinski definition) is 1. The lowest BCUT2D eigenvalue weighted by atomic mass is 10.3. The van der Waals surface area contributed by atoms with Crippen LogP contribution in [0.2, 0.25) is 0 Å². The molecule has 20 heavy (non-hydrogen) atoms. The van der Waals surface area contributed by atoms with Crippen molar-refractivity contribution < 1.29 is 23.8 Å². The van der Waals surface area contributed by atoms with Crippen molar-refractivity contribution in [2.75, 3.05) is 25.6 Å². The van der Waals surface area contributed by atoms with Crippen LogP contribution in [0.25, 0.3) is 0 Å². The molecule has 6 heteroatoms. The Balaban J connectivity index is 2.19. The van der Waals surface area contributed by atoms with Crippen molar-refractivity contribution in [2.45, 2.75) is 6.42 Å². The predicted octanol–water partition coefficient (Wildman–Crippen LogP) is 2.36. The summed E-state index contributed by atoms with van der Waals surface area (Å²) in [5.41, 5.74) is 0.912. The van der Waals surface area contributed by atoms with E-state index >= 15 is 0 Å². The molecule has 108 valence electrons. The fraction of sp³-hybridized carbons (Fsp3) is 0.286. The maximum Gasteiger partial charge on any atom is 0.513 e. The molecule has 0 spiro atoms. The van der Waals surface area contributed by atoms with Crippen LogP contribution in [0.5, 0.6) is 5.75 Å². The number of anilines is 1. The molecule has 6 nitrogen and oxygen atoms in total. The second kappa shape index (κ2) is 8.58. The highest BCUT2D eigenvalue weighted by Gasteiger charge is 2.06. The summed E-state index contributed by atoms with van der Waals surface area (Å²) in [6, 6.07) is 6.85. The fourth-order valence-electron chi connectivity index (χ4n) is 1.26. The van der Waals surface area contributed by atoms with E-state index in [-0.39, 0.29) is 13.2 Å². The molecule has 0 amide bonds. The van der Waals surface area contributed by atoms with Gasteiger partial charge in [0.2, 0.25) is 0 Å². The summed E-state index contributed by atoms with van der Waals surface area (Å²) in [5, 5.41) is 2.95. The number of nitrogens with one attached hydrogen (secondary N) is 1. The minimum Gasteiger partial charge on any atom is -0.462 e. The Hall–Kier alpha value is -2.50. The molecular weight excluding hydrogens is 262 g/mol. The van der Waals surface area contributed by atoms with Crippen LogP contribution in [0.3, 0.4) is 0 Å². The lowest BCUT2D eigenvalue weighted by molar-refractivity contribution is -0.138. The van der Waals surface area contributed by atoms with Crippen LogP contribution in [0, 0.1) is 0 Å². The average Bonchev–Trinajstić information content (AvgIpc) is 2.47. The summed E-state index contributed by atoms with van der Waals surface area (Å²) in [4.78, 5) is 22.1. The van der Waals surface area contributed by atoms with Crippen LogP contribution in [0.15, 0.2) is 36.9 Å². The molecule has 1 aromatic rings. The Kier molecular flexibility index (Phi) is 6.67. The largest absolute Gasteiger partial charge is 0.513 e. The van der Waals surface area contributed by atoms with Gasteiger partial charge in [0.15, 0.2) is 0 Å². The van der Waals surface area contributed by atoms with Gasteiger partial charge in [0.25, 0.3) is 0 Å². The molecule has 0 aliphatic carbocycles. The Morgan fingerprint density at radius 3 is 2.45 bits per heavy atom. The molecule has 0 atom stereocenters. The molecular formula is C14H17NO5. The molecule has 0 radical (unpaired) electrons. The third-order valence-electron chi connectivity index (χ3n) is 2.26. The first kappa shape index (κ1) is 15.6. The van der Waals surface area contributed by atoms with E-state index in [1.165, 1.54) is 0 Å². The number of esters is 1. The van der Waals surface area contributed by atoms with E-state index in [4.69, 9.17) is 14.2 Å². The zero-order valence-electron chi connectivity index (χ0n) is 11.3. The topological polar surface area (TPSA) is 73.9 Å². The minimum absolute atomic E-state index is 0.109. The molecule has 1 N–H and O–H groups in total. The van der Waals surface area contributed by atoms with Gasteiger partial charge in [-0.05, 0) is 24.3 Å². The number of rotatable bonds is 7. The molecule has 0 bridgehead atoms. The highest BCUT2D eigenvalue weighted by Crippen LogP contribution is 2.15. The first-order valence-electron chi connectivity index (χ1n) is 6.07. The smallest absolute Gasteiger partial charge is 0.462 e. The molecule has 0 fully saturated rings. The van der Waals surface area contributed by atoms with E-state index in [0.717, 1.165) is 11.8 Å². The van der Waals surface area contributed by atoms with Crippen molar-refractivity contribution >= 4 is 17.8 Å². The van der Waals surface area contributed by atoms with Crippen LogP contribution in [0.4, 0.5) is 10.5 Å². The SMILES string of the molecule is C=CC(=O)OCCCOC(=O)Oc1ccc(NC)cc1. The standard InChI is InChI=1S/C14H17NO5/c1-3-13(16)18-9-4-10-19-14(17)20-12-7-5-11(15-2)6-8-12/h3,5-8,15H,1,4,9-10H2,2H3. The molecule has 0 saturated heterocycles. The van der Waals surface area contributed by atoms with E-state index in [1.54, 1.807) is 31.3 Å². The second-order valence-electron chi connectivity index (χ2n) is 3.70. The maximum atomic E-state index is 11.3.